The maximum absolute atomic E-state index is 12.3. The fourth-order valence-corrected chi connectivity index (χ4v) is 2.65. The van der Waals surface area contributed by atoms with Gasteiger partial charge in [0.15, 0.2) is 0 Å². The third kappa shape index (κ3) is 2.84. The van der Waals surface area contributed by atoms with E-state index in [0.29, 0.717) is 17.4 Å². The van der Waals surface area contributed by atoms with Crippen LogP contribution in [0, 0.1) is 0 Å². The molecule has 0 saturated carbocycles. The van der Waals surface area contributed by atoms with Crippen LogP contribution in [0.3, 0.4) is 0 Å². The highest BCUT2D eigenvalue weighted by Crippen LogP contribution is 2.26. The molecule has 0 spiro atoms. The van der Waals surface area contributed by atoms with E-state index in [2.05, 4.69) is 23.3 Å². The highest BCUT2D eigenvalue weighted by molar-refractivity contribution is 7.93. The maximum Gasteiger partial charge on any atom is 0.114 e. The Bertz CT molecular complexity index is 458. The molecule has 0 saturated heterocycles. The van der Waals surface area contributed by atoms with Crippen LogP contribution < -0.4 is 0 Å². The number of aromatic nitrogens is 2. The van der Waals surface area contributed by atoms with Crippen molar-refractivity contribution >= 4 is 15.4 Å². The summed E-state index contributed by atoms with van der Waals surface area (Å²) in [6.45, 7) is 7.98. The Morgan fingerprint density at radius 2 is 2.00 bits per heavy atom. The SMILES string of the molecule is CCS(=O)(CC)=Nc1cn(C)nc1C(C)C. The van der Waals surface area contributed by atoms with E-state index in [9.17, 15) is 4.21 Å². The molecule has 0 aliphatic heterocycles. The zero-order valence-electron chi connectivity index (χ0n) is 10.7. The van der Waals surface area contributed by atoms with Crippen LogP contribution in [0.5, 0.6) is 0 Å². The summed E-state index contributed by atoms with van der Waals surface area (Å²) in [5.41, 5.74) is 1.71. The van der Waals surface area contributed by atoms with E-state index >= 15 is 0 Å². The summed E-state index contributed by atoms with van der Waals surface area (Å²) in [7, 11) is -0.223. The van der Waals surface area contributed by atoms with Crippen molar-refractivity contribution in [1.82, 2.24) is 9.78 Å². The summed E-state index contributed by atoms with van der Waals surface area (Å²) in [6.07, 6.45) is 1.85. The first-order valence-corrected chi connectivity index (χ1v) is 7.53. The molecule has 1 rings (SSSR count). The fraction of sp³-hybridized carbons (Fsp3) is 0.727. The smallest absolute Gasteiger partial charge is 0.114 e. The molecule has 0 radical (unpaired) electrons. The predicted molar refractivity (Wildman–Crippen MR) is 68.6 cm³/mol. The number of aryl methyl sites for hydroxylation is 1. The fourth-order valence-electron chi connectivity index (χ4n) is 1.49. The Labute approximate surface area is 98.2 Å². The number of hydrogen-bond donors (Lipinski definition) is 0. The average Bonchev–Trinajstić information content (AvgIpc) is 2.59. The minimum atomic E-state index is -2.09. The third-order valence-corrected chi connectivity index (χ3v) is 4.88. The van der Waals surface area contributed by atoms with E-state index in [0.717, 1.165) is 11.4 Å². The van der Waals surface area contributed by atoms with Gasteiger partial charge in [-0.3, -0.25) is 4.68 Å². The normalized spacial score (nSPS) is 12.1. The van der Waals surface area contributed by atoms with Crippen LogP contribution in [0.4, 0.5) is 5.69 Å². The lowest BCUT2D eigenvalue weighted by Crippen LogP contribution is -2.05. The summed E-state index contributed by atoms with van der Waals surface area (Å²) in [5, 5.41) is 4.36. The van der Waals surface area contributed by atoms with E-state index in [1.54, 1.807) is 4.68 Å². The van der Waals surface area contributed by atoms with Gasteiger partial charge >= 0.3 is 0 Å². The van der Waals surface area contributed by atoms with Gasteiger partial charge in [0.05, 0.1) is 21.6 Å². The minimum Gasteiger partial charge on any atom is -0.273 e. The molecule has 16 heavy (non-hydrogen) atoms. The van der Waals surface area contributed by atoms with Gasteiger partial charge in [-0.1, -0.05) is 27.7 Å². The molecule has 0 aliphatic rings. The van der Waals surface area contributed by atoms with Crippen LogP contribution in [0.15, 0.2) is 10.6 Å². The Morgan fingerprint density at radius 1 is 1.44 bits per heavy atom. The molecule has 0 aliphatic carbocycles. The highest BCUT2D eigenvalue weighted by atomic mass is 32.2. The molecule has 0 N–H and O–H groups in total. The van der Waals surface area contributed by atoms with Crippen molar-refractivity contribution in [3.05, 3.63) is 11.9 Å². The van der Waals surface area contributed by atoms with Crippen molar-refractivity contribution in [3.63, 3.8) is 0 Å². The Hall–Kier alpha value is -0.840. The van der Waals surface area contributed by atoms with Gasteiger partial charge in [-0.15, -0.1) is 0 Å². The van der Waals surface area contributed by atoms with Crippen molar-refractivity contribution in [2.75, 3.05) is 11.5 Å². The van der Waals surface area contributed by atoms with Gasteiger partial charge in [-0.05, 0) is 5.92 Å². The summed E-state index contributed by atoms with van der Waals surface area (Å²) >= 11 is 0. The van der Waals surface area contributed by atoms with Crippen LogP contribution in [-0.2, 0) is 16.8 Å². The van der Waals surface area contributed by atoms with Crippen LogP contribution in [-0.4, -0.2) is 25.5 Å². The lowest BCUT2D eigenvalue weighted by molar-refractivity contribution is 0.678. The summed E-state index contributed by atoms with van der Waals surface area (Å²) in [6, 6.07) is 0. The quantitative estimate of drug-likeness (QED) is 0.816. The molecule has 92 valence electrons. The van der Waals surface area contributed by atoms with Gasteiger partial charge in [0, 0.05) is 18.6 Å². The first-order valence-electron chi connectivity index (χ1n) is 5.68. The second kappa shape index (κ2) is 4.99. The van der Waals surface area contributed by atoms with Gasteiger partial charge in [0.25, 0.3) is 0 Å². The predicted octanol–water partition coefficient (Wildman–Crippen LogP) is 2.68. The van der Waals surface area contributed by atoms with E-state index < -0.39 is 9.73 Å². The molecule has 0 aromatic carbocycles. The van der Waals surface area contributed by atoms with E-state index in [1.807, 2.05) is 27.1 Å². The summed E-state index contributed by atoms with van der Waals surface area (Å²) < 4.78 is 18.4. The second-order valence-corrected chi connectivity index (χ2v) is 7.05. The van der Waals surface area contributed by atoms with Crippen molar-refractivity contribution in [2.24, 2.45) is 11.4 Å². The van der Waals surface area contributed by atoms with Gasteiger partial charge in [0.1, 0.15) is 5.69 Å². The highest BCUT2D eigenvalue weighted by Gasteiger charge is 2.13. The molecule has 0 bridgehead atoms. The average molecular weight is 243 g/mol. The standard InChI is InChI=1S/C11H21N3OS/c1-6-16(15,7-2)13-10-8-14(5)12-11(10)9(3)4/h8-9H,6-7H2,1-5H3. The van der Waals surface area contributed by atoms with Crippen LogP contribution in [0.1, 0.15) is 39.3 Å². The molecule has 0 atom stereocenters. The maximum atomic E-state index is 12.3. The molecule has 0 amide bonds. The number of nitrogens with zero attached hydrogens (tertiary/aromatic N) is 3. The molecule has 5 heteroatoms. The lowest BCUT2D eigenvalue weighted by Gasteiger charge is -2.05. The van der Waals surface area contributed by atoms with Crippen molar-refractivity contribution in [1.29, 1.82) is 0 Å². The largest absolute Gasteiger partial charge is 0.273 e. The molecule has 1 aromatic heterocycles. The Kier molecular flexibility index (Phi) is 4.13. The molecule has 0 unspecified atom stereocenters. The number of rotatable bonds is 4. The first kappa shape index (κ1) is 13.2. The van der Waals surface area contributed by atoms with Crippen molar-refractivity contribution < 1.29 is 4.21 Å². The van der Waals surface area contributed by atoms with Crippen LogP contribution in [0.25, 0.3) is 0 Å². The molecular formula is C11H21N3OS. The number of hydrogen-bond acceptors (Lipinski definition) is 3. The van der Waals surface area contributed by atoms with Gasteiger partial charge in [-0.2, -0.15) is 9.46 Å². The lowest BCUT2D eigenvalue weighted by atomic mass is 10.1. The van der Waals surface area contributed by atoms with Crippen molar-refractivity contribution in [2.45, 2.75) is 33.6 Å². The zero-order valence-corrected chi connectivity index (χ0v) is 11.5. The van der Waals surface area contributed by atoms with E-state index in [-0.39, 0.29) is 0 Å². The third-order valence-electron chi connectivity index (χ3n) is 2.55. The van der Waals surface area contributed by atoms with Crippen molar-refractivity contribution in [3.8, 4) is 0 Å². The molecule has 1 aromatic rings. The monoisotopic (exact) mass is 243 g/mol. The summed E-state index contributed by atoms with van der Waals surface area (Å²) in [4.78, 5) is 0. The van der Waals surface area contributed by atoms with Gasteiger partial charge < -0.3 is 0 Å². The van der Waals surface area contributed by atoms with Gasteiger partial charge in [-0.25, -0.2) is 4.21 Å². The van der Waals surface area contributed by atoms with E-state index in [4.69, 9.17) is 0 Å². The summed E-state index contributed by atoms with van der Waals surface area (Å²) in [5.74, 6) is 1.49. The van der Waals surface area contributed by atoms with Crippen LogP contribution in [0.2, 0.25) is 0 Å². The molecule has 1 heterocycles. The molecular weight excluding hydrogens is 222 g/mol. The second-order valence-electron chi connectivity index (χ2n) is 4.17. The Morgan fingerprint density at radius 3 is 2.44 bits per heavy atom. The minimum absolute atomic E-state index is 0.303. The zero-order chi connectivity index (χ0) is 12.3. The molecule has 4 nitrogen and oxygen atoms in total. The van der Waals surface area contributed by atoms with E-state index in [1.165, 1.54) is 0 Å². The first-order chi connectivity index (χ1) is 7.41. The topological polar surface area (TPSA) is 47.2 Å². The Balaban J connectivity index is 3.29. The molecule has 0 fully saturated rings. The van der Waals surface area contributed by atoms with Crippen LogP contribution >= 0.6 is 0 Å². The van der Waals surface area contributed by atoms with Gasteiger partial charge in [0.2, 0.25) is 0 Å².